The molecule has 2 aromatic heterocycles. The van der Waals surface area contributed by atoms with Crippen molar-refractivity contribution in [2.45, 2.75) is 26.5 Å². The number of thiazole rings is 1. The van der Waals surface area contributed by atoms with Crippen molar-refractivity contribution in [2.75, 3.05) is 6.61 Å². The molecule has 0 saturated heterocycles. The summed E-state index contributed by atoms with van der Waals surface area (Å²) in [6.07, 6.45) is -0.103. The fourth-order valence-electron chi connectivity index (χ4n) is 2.38. The van der Waals surface area contributed by atoms with E-state index < -0.39 is 10.7 Å². The Kier molecular flexibility index (Phi) is 4.45. The van der Waals surface area contributed by atoms with Crippen LogP contribution in [0.5, 0.6) is 0 Å². The van der Waals surface area contributed by atoms with Gasteiger partial charge in [-0.25, -0.2) is 9.78 Å². The fraction of sp³-hybridized carbons (Fsp3) is 0.333. The molecule has 0 aliphatic rings. The first kappa shape index (κ1) is 16.3. The second-order valence-corrected chi connectivity index (χ2v) is 6.03. The van der Waals surface area contributed by atoms with E-state index in [9.17, 15) is 14.9 Å². The number of hydrogen-bond acceptors (Lipinski definition) is 7. The minimum Gasteiger partial charge on any atom is -0.407 e. The van der Waals surface area contributed by atoms with E-state index in [0.717, 1.165) is 5.01 Å². The van der Waals surface area contributed by atoms with Crippen LogP contribution in [0.3, 0.4) is 0 Å². The molecule has 1 atom stereocenters. The van der Waals surface area contributed by atoms with Crippen LogP contribution < -0.4 is 5.76 Å². The van der Waals surface area contributed by atoms with Crippen LogP contribution in [0.4, 0.5) is 5.69 Å². The average Bonchev–Trinajstić information content (AvgIpc) is 3.13. The molecular formula is C15H15N3O5S. The van der Waals surface area contributed by atoms with Gasteiger partial charge in [0.05, 0.1) is 28.7 Å². The molecule has 0 bridgehead atoms. The van der Waals surface area contributed by atoms with Gasteiger partial charge in [0.1, 0.15) is 11.1 Å². The van der Waals surface area contributed by atoms with E-state index in [1.807, 2.05) is 19.2 Å². The molecule has 0 spiro atoms. The van der Waals surface area contributed by atoms with E-state index in [-0.39, 0.29) is 23.9 Å². The van der Waals surface area contributed by atoms with Crippen LogP contribution in [0.15, 0.2) is 32.8 Å². The lowest BCUT2D eigenvalue weighted by molar-refractivity contribution is -0.384. The molecule has 1 unspecified atom stereocenters. The smallest absolute Gasteiger partial charge is 0.407 e. The Bertz CT molecular complexity index is 942. The number of benzene rings is 1. The molecule has 0 fully saturated rings. The van der Waals surface area contributed by atoms with Gasteiger partial charge < -0.3 is 9.15 Å². The van der Waals surface area contributed by atoms with Gasteiger partial charge in [-0.1, -0.05) is 0 Å². The molecule has 3 aromatic rings. The lowest BCUT2D eigenvalue weighted by Crippen LogP contribution is -2.15. The number of aromatic nitrogens is 2. The predicted octanol–water partition coefficient (Wildman–Crippen LogP) is 3.11. The highest BCUT2D eigenvalue weighted by Gasteiger charge is 2.16. The summed E-state index contributed by atoms with van der Waals surface area (Å²) in [5.74, 6) is -0.571. The van der Waals surface area contributed by atoms with Crippen molar-refractivity contribution in [1.29, 1.82) is 0 Å². The normalized spacial score (nSPS) is 12.6. The van der Waals surface area contributed by atoms with E-state index in [2.05, 4.69) is 4.98 Å². The molecule has 8 nitrogen and oxygen atoms in total. The highest BCUT2D eigenvalue weighted by atomic mass is 32.1. The zero-order chi connectivity index (χ0) is 17.3. The summed E-state index contributed by atoms with van der Waals surface area (Å²) in [6.45, 7) is 4.67. The number of nitro groups is 1. The maximum Gasteiger partial charge on any atom is 0.420 e. The second-order valence-electron chi connectivity index (χ2n) is 5.14. The summed E-state index contributed by atoms with van der Waals surface area (Å²) in [4.78, 5) is 26.8. The maximum absolute atomic E-state index is 12.0. The molecule has 1 aromatic carbocycles. The van der Waals surface area contributed by atoms with Crippen molar-refractivity contribution < 1.29 is 14.1 Å². The van der Waals surface area contributed by atoms with Crippen LogP contribution in [0.2, 0.25) is 0 Å². The molecular weight excluding hydrogens is 334 g/mol. The Morgan fingerprint density at radius 2 is 2.29 bits per heavy atom. The first-order valence-corrected chi connectivity index (χ1v) is 8.21. The van der Waals surface area contributed by atoms with Gasteiger partial charge in [0, 0.05) is 18.1 Å². The lowest BCUT2D eigenvalue weighted by atomic mass is 10.3. The van der Waals surface area contributed by atoms with E-state index in [1.54, 1.807) is 0 Å². The molecule has 0 radical (unpaired) electrons. The fourth-order valence-corrected chi connectivity index (χ4v) is 3.20. The number of nitro benzene ring substituents is 1. The van der Waals surface area contributed by atoms with Gasteiger partial charge in [-0.2, -0.15) is 0 Å². The summed E-state index contributed by atoms with van der Waals surface area (Å²) in [5.41, 5.74) is 1.28. The summed E-state index contributed by atoms with van der Waals surface area (Å²) in [5, 5.41) is 13.5. The third-order valence-corrected chi connectivity index (χ3v) is 4.57. The van der Waals surface area contributed by atoms with Crippen LogP contribution in [0, 0.1) is 10.1 Å². The third-order valence-electron chi connectivity index (χ3n) is 3.52. The van der Waals surface area contributed by atoms with Crippen LogP contribution in [-0.2, 0) is 11.3 Å². The van der Waals surface area contributed by atoms with Crippen LogP contribution in [0.25, 0.3) is 11.1 Å². The van der Waals surface area contributed by atoms with E-state index in [1.165, 1.54) is 34.1 Å². The minimum atomic E-state index is -0.571. The van der Waals surface area contributed by atoms with Crippen molar-refractivity contribution in [3.05, 3.63) is 54.9 Å². The van der Waals surface area contributed by atoms with Crippen molar-refractivity contribution in [2.24, 2.45) is 0 Å². The van der Waals surface area contributed by atoms with Crippen molar-refractivity contribution >= 4 is 28.1 Å². The molecule has 0 N–H and O–H groups in total. The summed E-state index contributed by atoms with van der Waals surface area (Å²) >= 11 is 1.47. The number of nitrogens with zero attached hydrogens (tertiary/aromatic N) is 3. The van der Waals surface area contributed by atoms with Crippen LogP contribution in [0.1, 0.15) is 30.7 Å². The number of oxazole rings is 1. The number of ether oxygens (including phenoxy) is 1. The molecule has 3 rings (SSSR count). The molecule has 126 valence electrons. The van der Waals surface area contributed by atoms with Gasteiger partial charge in [0.15, 0.2) is 5.58 Å². The number of rotatable bonds is 6. The largest absolute Gasteiger partial charge is 0.420 e. The summed E-state index contributed by atoms with van der Waals surface area (Å²) < 4.78 is 12.0. The Hall–Kier alpha value is -2.52. The quantitative estimate of drug-likeness (QED) is 0.501. The van der Waals surface area contributed by atoms with Gasteiger partial charge in [0.25, 0.3) is 5.69 Å². The van der Waals surface area contributed by atoms with Gasteiger partial charge in [0.2, 0.25) is 0 Å². The van der Waals surface area contributed by atoms with Crippen molar-refractivity contribution in [3.63, 3.8) is 0 Å². The highest BCUT2D eigenvalue weighted by Crippen LogP contribution is 2.23. The Morgan fingerprint density at radius 3 is 3.00 bits per heavy atom. The van der Waals surface area contributed by atoms with Crippen molar-refractivity contribution in [3.8, 4) is 0 Å². The maximum atomic E-state index is 12.0. The van der Waals surface area contributed by atoms with E-state index >= 15 is 0 Å². The van der Waals surface area contributed by atoms with Crippen LogP contribution in [-0.4, -0.2) is 21.1 Å². The number of fused-ring (bicyclic) bond motifs is 1. The first-order chi connectivity index (χ1) is 11.5. The molecule has 9 heteroatoms. The van der Waals surface area contributed by atoms with Gasteiger partial charge in [-0.05, 0) is 19.9 Å². The Balaban J connectivity index is 1.91. The number of non-ortho nitro benzene ring substituents is 1. The van der Waals surface area contributed by atoms with E-state index in [0.29, 0.717) is 17.8 Å². The summed E-state index contributed by atoms with van der Waals surface area (Å²) in [7, 11) is 0. The highest BCUT2D eigenvalue weighted by molar-refractivity contribution is 7.09. The molecule has 0 aliphatic carbocycles. The Morgan fingerprint density at radius 1 is 1.50 bits per heavy atom. The zero-order valence-electron chi connectivity index (χ0n) is 13.1. The Labute approximate surface area is 140 Å². The predicted molar refractivity (Wildman–Crippen MR) is 88.4 cm³/mol. The van der Waals surface area contributed by atoms with Gasteiger partial charge >= 0.3 is 5.76 Å². The zero-order valence-corrected chi connectivity index (χ0v) is 13.9. The number of hydrogen-bond donors (Lipinski definition) is 0. The molecule has 0 amide bonds. The third kappa shape index (κ3) is 3.08. The van der Waals surface area contributed by atoms with E-state index in [4.69, 9.17) is 9.15 Å². The molecule has 2 heterocycles. The topological polar surface area (TPSA) is 100 Å². The van der Waals surface area contributed by atoms with Gasteiger partial charge in [-0.15, -0.1) is 11.3 Å². The monoisotopic (exact) mass is 349 g/mol. The van der Waals surface area contributed by atoms with Gasteiger partial charge in [-0.3, -0.25) is 14.7 Å². The molecule has 0 saturated carbocycles. The molecule has 24 heavy (non-hydrogen) atoms. The van der Waals surface area contributed by atoms with Crippen LogP contribution >= 0.6 is 11.3 Å². The van der Waals surface area contributed by atoms with Crippen molar-refractivity contribution in [1.82, 2.24) is 9.55 Å². The second kappa shape index (κ2) is 6.54. The lowest BCUT2D eigenvalue weighted by Gasteiger charge is -2.07. The summed E-state index contributed by atoms with van der Waals surface area (Å²) in [6, 6.07) is 4.10. The standard InChI is InChI=1S/C15H15N3O5S/c1-3-22-9(2)14-16-10(8-24-14)7-17-12-5-4-11(18(20)21)6-13(12)23-15(17)19/h4-6,8-9H,3,7H2,1-2H3. The average molecular weight is 349 g/mol. The minimum absolute atomic E-state index is 0.103. The first-order valence-electron chi connectivity index (χ1n) is 7.33. The SMILES string of the molecule is CCOC(C)c1nc(Cn2c(=O)oc3cc([N+](=O)[O-])ccc32)cs1. The molecule has 0 aliphatic heterocycles.